The molecule has 0 saturated carbocycles. The second-order valence-electron chi connectivity index (χ2n) is 14.2. The van der Waals surface area contributed by atoms with Gasteiger partial charge in [0, 0.05) is 0 Å². The fraction of sp³-hybridized carbons (Fsp3) is 0.900. The molecular weight excluding hydrogens is 832 g/mol. The second kappa shape index (κ2) is 39.7. The molecule has 2 atom stereocenters. The third-order valence-electron chi connectivity index (χ3n) is 8.93. The van der Waals surface area contributed by atoms with Crippen molar-refractivity contribution < 1.29 is 81.1 Å². The first kappa shape index (κ1) is 59.5. The fourth-order valence-corrected chi connectivity index (χ4v) is 6.75. The molecule has 57 heavy (non-hydrogen) atoms. The molecule has 0 aliphatic heterocycles. The predicted molar refractivity (Wildman–Crippen MR) is 214 cm³/mol. The molecule has 0 spiro atoms. The molecule has 0 heterocycles. The van der Waals surface area contributed by atoms with E-state index < -0.39 is 67.5 Å². The van der Waals surface area contributed by atoms with Crippen molar-refractivity contribution in [2.24, 2.45) is 0 Å². The summed E-state index contributed by atoms with van der Waals surface area (Å²) in [6, 6.07) is 0. The van der Waals surface area contributed by atoms with Gasteiger partial charge >= 0.3 is 40.9 Å². The molecule has 17 heteroatoms. The van der Waals surface area contributed by atoms with Gasteiger partial charge in [-0.05, 0) is 25.7 Å². The molecule has 0 aromatic heterocycles. The van der Waals surface area contributed by atoms with E-state index in [0.717, 1.165) is 116 Å². The number of esters is 4. The topological polar surface area (TPSA) is 220 Å². The van der Waals surface area contributed by atoms with Crippen LogP contribution in [0.5, 0.6) is 0 Å². The van der Waals surface area contributed by atoms with Crippen molar-refractivity contribution in [3.63, 3.8) is 0 Å². The van der Waals surface area contributed by atoms with E-state index in [-0.39, 0.29) is 43.5 Å². The van der Waals surface area contributed by atoms with Crippen LogP contribution in [0, 0.1) is 0 Å². The molecule has 0 N–H and O–H groups in total. The van der Waals surface area contributed by atoms with Crippen molar-refractivity contribution in [2.45, 2.75) is 205 Å². The Hall–Kier alpha value is -1.78. The first-order valence-electron chi connectivity index (χ1n) is 21.2. The van der Waals surface area contributed by atoms with Crippen molar-refractivity contribution in [3.05, 3.63) is 0 Å². The van der Waals surface area contributed by atoms with Crippen molar-refractivity contribution in [1.29, 1.82) is 0 Å². The first-order chi connectivity index (χ1) is 26.6. The summed E-state index contributed by atoms with van der Waals surface area (Å²) in [4.78, 5) is 47.4. The normalized spacial score (nSPS) is 12.3. The summed E-state index contributed by atoms with van der Waals surface area (Å²) in [5, 5.41) is -4.07. The van der Waals surface area contributed by atoms with E-state index in [1.54, 1.807) is 0 Å². The molecule has 2 unspecified atom stereocenters. The molecule has 0 aromatic rings. The van der Waals surface area contributed by atoms with Gasteiger partial charge in [0.05, 0.1) is 39.3 Å². The number of ether oxygens (including phenoxy) is 4. The van der Waals surface area contributed by atoms with E-state index >= 15 is 0 Å². The van der Waals surface area contributed by atoms with Crippen LogP contribution in [0.3, 0.4) is 0 Å². The van der Waals surface area contributed by atoms with Gasteiger partial charge < -0.3 is 28.1 Å². The van der Waals surface area contributed by atoms with Gasteiger partial charge in [0.25, 0.3) is 0 Å². The second-order valence-corrected chi connectivity index (χ2v) is 17.3. The summed E-state index contributed by atoms with van der Waals surface area (Å²) in [6.45, 7) is 8.88. The maximum atomic E-state index is 11.9. The molecule has 341 valence electrons. The zero-order valence-electron chi connectivity index (χ0n) is 35.2. The van der Waals surface area contributed by atoms with E-state index in [1.165, 1.54) is 12.8 Å². The maximum absolute atomic E-state index is 11.9. The molecule has 0 amide bonds. The number of rotatable bonds is 36. The van der Waals surface area contributed by atoms with Crippen LogP contribution < -0.4 is 0 Å². The van der Waals surface area contributed by atoms with Crippen molar-refractivity contribution in [3.8, 4) is 0 Å². The van der Waals surface area contributed by atoms with Crippen LogP contribution >= 0.6 is 0 Å². The van der Waals surface area contributed by atoms with Crippen molar-refractivity contribution in [2.75, 3.05) is 26.4 Å². The molecule has 14 nitrogen and oxygen atoms in total. The Kier molecular flexibility index (Phi) is 41.4. The minimum Gasteiger partial charge on any atom is -0.747 e. The Morgan fingerprint density at radius 3 is 0.825 bits per heavy atom. The molecule has 0 aliphatic carbocycles. The molecule has 0 aliphatic rings. The summed E-state index contributed by atoms with van der Waals surface area (Å²) in [5.41, 5.74) is 0. The average molecular weight is 907 g/mol. The van der Waals surface area contributed by atoms with Crippen LogP contribution in [-0.2, 0) is 75.4 Å². The number of unbranched alkanes of at least 4 members (excludes halogenated alkanes) is 20. The largest absolute Gasteiger partial charge is 2.00 e. The zero-order chi connectivity index (χ0) is 42.5. The summed E-state index contributed by atoms with van der Waals surface area (Å²) in [6.07, 6.45) is 22.3. The average Bonchev–Trinajstić information content (AvgIpc) is 3.13. The van der Waals surface area contributed by atoms with Gasteiger partial charge in [-0.25, -0.2) is 16.8 Å². The number of carbonyl (C=O) groups excluding carboxylic acids is 4. The van der Waals surface area contributed by atoms with Crippen LogP contribution in [0.1, 0.15) is 195 Å². The molecule has 0 aromatic carbocycles. The number of carbonyl (C=O) groups is 4. The van der Waals surface area contributed by atoms with Crippen molar-refractivity contribution >= 4 is 44.1 Å². The van der Waals surface area contributed by atoms with Crippen LogP contribution in [0.25, 0.3) is 0 Å². The molecule has 0 fully saturated rings. The maximum Gasteiger partial charge on any atom is 2.00 e. The van der Waals surface area contributed by atoms with Crippen LogP contribution in [0.15, 0.2) is 0 Å². The van der Waals surface area contributed by atoms with Gasteiger partial charge in [0.1, 0.15) is 20.2 Å². The SMILES string of the molecule is CCCCCCCCOC(=O)CC(C(=O)OCCCCCCCC)S(=O)(=O)[O-].CCCCCCCCOC(=O)CC(C(=O)OCCCCCCCC)S(=O)(=O)[O-].[Cu+2]. The first-order valence-corrected chi connectivity index (χ1v) is 24.1. The number of hydrogen-bond acceptors (Lipinski definition) is 14. The third-order valence-corrected chi connectivity index (χ3v) is 11.0. The summed E-state index contributed by atoms with van der Waals surface area (Å²) >= 11 is 0. The Morgan fingerprint density at radius 1 is 0.386 bits per heavy atom. The Bertz CT molecular complexity index is 1130. The summed E-state index contributed by atoms with van der Waals surface area (Å²) < 4.78 is 87.7. The molecule has 0 rings (SSSR count). The van der Waals surface area contributed by atoms with E-state index in [2.05, 4.69) is 27.7 Å². The minimum absolute atomic E-state index is 0. The number of hydrogen-bond donors (Lipinski definition) is 0. The van der Waals surface area contributed by atoms with E-state index in [4.69, 9.17) is 18.9 Å². The Balaban J connectivity index is -0.00000101. The van der Waals surface area contributed by atoms with Crippen molar-refractivity contribution in [1.82, 2.24) is 0 Å². The van der Waals surface area contributed by atoms with Gasteiger partial charge in [-0.3, -0.25) is 19.2 Å². The third kappa shape index (κ3) is 38.2. The van der Waals surface area contributed by atoms with Crippen LogP contribution in [0.2, 0.25) is 0 Å². The molecule has 0 saturated heterocycles. The summed E-state index contributed by atoms with van der Waals surface area (Å²) in [5.74, 6) is -4.07. The zero-order valence-corrected chi connectivity index (χ0v) is 37.8. The van der Waals surface area contributed by atoms with Gasteiger partial charge in [0.2, 0.25) is 0 Å². The van der Waals surface area contributed by atoms with E-state index in [0.29, 0.717) is 25.7 Å². The predicted octanol–water partition coefficient (Wildman–Crippen LogP) is 8.19. The molecular formula is C40H74CuO14S2. The Labute approximate surface area is 355 Å². The summed E-state index contributed by atoms with van der Waals surface area (Å²) in [7, 11) is -9.97. The molecule has 1 radical (unpaired) electrons. The van der Waals surface area contributed by atoms with Crippen LogP contribution in [0.4, 0.5) is 0 Å². The van der Waals surface area contributed by atoms with Gasteiger partial charge in [0.15, 0.2) is 10.5 Å². The Morgan fingerprint density at radius 2 is 0.596 bits per heavy atom. The van der Waals surface area contributed by atoms with E-state index in [9.17, 15) is 45.1 Å². The minimum atomic E-state index is -4.98. The smallest absolute Gasteiger partial charge is 0.747 e. The van der Waals surface area contributed by atoms with E-state index in [1.807, 2.05) is 0 Å². The fourth-order valence-electron chi connectivity index (χ4n) is 5.46. The molecule has 0 bridgehead atoms. The monoisotopic (exact) mass is 905 g/mol. The van der Waals surface area contributed by atoms with Gasteiger partial charge in [-0.1, -0.05) is 156 Å². The van der Waals surface area contributed by atoms with Gasteiger partial charge in [-0.15, -0.1) is 0 Å². The van der Waals surface area contributed by atoms with Crippen LogP contribution in [-0.4, -0.2) is 86.7 Å². The standard InChI is InChI=1S/2C20H38O7S.Cu/c2*1-3-5-7-9-11-13-15-26-19(21)17-18(28(23,24)25)20(22)27-16-14-12-10-8-6-4-2;/h2*18H,3-17H2,1-2H3,(H,23,24,25);/q;;+2/p-2. The quantitative estimate of drug-likeness (QED) is 0.0190. The van der Waals surface area contributed by atoms with Gasteiger partial charge in [-0.2, -0.15) is 0 Å².